The van der Waals surface area contributed by atoms with Gasteiger partial charge in [-0.2, -0.15) is 0 Å². The number of rotatable bonds is 3. The summed E-state index contributed by atoms with van der Waals surface area (Å²) in [5, 5.41) is 0.471. The zero-order valence-corrected chi connectivity index (χ0v) is 9.65. The Morgan fingerprint density at radius 2 is 2.21 bits per heavy atom. The predicted octanol–water partition coefficient (Wildman–Crippen LogP) is 2.59. The lowest BCUT2D eigenvalue weighted by Gasteiger charge is -2.10. The normalized spacial score (nSPS) is 12.6. The van der Waals surface area contributed by atoms with Crippen LogP contribution in [0.15, 0.2) is 23.1 Å². The molecular weight excluding hydrogens is 218 g/mol. The third-order valence-electron chi connectivity index (χ3n) is 1.86. The van der Waals surface area contributed by atoms with Gasteiger partial charge in [0.05, 0.1) is 16.6 Å². The van der Waals surface area contributed by atoms with Crippen LogP contribution in [0.5, 0.6) is 0 Å². The van der Waals surface area contributed by atoms with Gasteiger partial charge in [-0.15, -0.1) is 11.8 Å². The lowest BCUT2D eigenvalue weighted by Crippen LogP contribution is -2.27. The lowest BCUT2D eigenvalue weighted by atomic mass is 10.1. The van der Waals surface area contributed by atoms with E-state index in [0.29, 0.717) is 10.6 Å². The maximum atomic E-state index is 11.7. The second-order valence-electron chi connectivity index (χ2n) is 2.97. The van der Waals surface area contributed by atoms with Crippen LogP contribution in [0.25, 0.3) is 0 Å². The van der Waals surface area contributed by atoms with Crippen molar-refractivity contribution < 1.29 is 4.79 Å². The summed E-state index contributed by atoms with van der Waals surface area (Å²) in [4.78, 5) is 12.6. The molecule has 0 radical (unpaired) electrons. The molecule has 14 heavy (non-hydrogen) atoms. The molecule has 2 N–H and O–H groups in total. The Balaban J connectivity index is 3.23. The maximum absolute atomic E-state index is 11.7. The van der Waals surface area contributed by atoms with Crippen molar-refractivity contribution in [1.29, 1.82) is 0 Å². The minimum atomic E-state index is -0.513. The number of hydrogen-bond donors (Lipinski definition) is 1. The van der Waals surface area contributed by atoms with Gasteiger partial charge in [0, 0.05) is 4.90 Å². The Bertz CT molecular complexity index is 352. The molecule has 2 nitrogen and oxygen atoms in total. The van der Waals surface area contributed by atoms with Gasteiger partial charge in [0.2, 0.25) is 0 Å². The third kappa shape index (κ3) is 2.29. The second kappa shape index (κ2) is 4.82. The molecule has 4 heteroatoms. The second-order valence-corrected chi connectivity index (χ2v) is 4.23. The van der Waals surface area contributed by atoms with Crippen LogP contribution in [0.4, 0.5) is 0 Å². The molecule has 0 aliphatic carbocycles. The first-order chi connectivity index (χ1) is 6.57. The third-order valence-corrected chi connectivity index (χ3v) is 2.95. The summed E-state index contributed by atoms with van der Waals surface area (Å²) in [6, 6.07) is 4.88. The van der Waals surface area contributed by atoms with Crippen molar-refractivity contribution in [2.75, 3.05) is 6.26 Å². The summed E-state index contributed by atoms with van der Waals surface area (Å²) >= 11 is 7.45. The van der Waals surface area contributed by atoms with E-state index in [4.69, 9.17) is 17.3 Å². The van der Waals surface area contributed by atoms with E-state index in [1.54, 1.807) is 13.0 Å². The van der Waals surface area contributed by atoms with E-state index in [0.717, 1.165) is 4.90 Å². The van der Waals surface area contributed by atoms with E-state index in [1.807, 2.05) is 18.4 Å². The highest BCUT2D eigenvalue weighted by Gasteiger charge is 2.17. The van der Waals surface area contributed by atoms with Crippen LogP contribution < -0.4 is 5.73 Å². The van der Waals surface area contributed by atoms with Crippen LogP contribution >= 0.6 is 23.4 Å². The topological polar surface area (TPSA) is 43.1 Å². The van der Waals surface area contributed by atoms with Gasteiger partial charge in [0.25, 0.3) is 0 Å². The van der Waals surface area contributed by atoms with Crippen molar-refractivity contribution >= 4 is 29.1 Å². The predicted molar refractivity (Wildman–Crippen MR) is 61.2 cm³/mol. The lowest BCUT2D eigenvalue weighted by molar-refractivity contribution is 0.0965. The number of hydrogen-bond acceptors (Lipinski definition) is 3. The molecule has 76 valence electrons. The van der Waals surface area contributed by atoms with Gasteiger partial charge in [-0.25, -0.2) is 0 Å². The average molecular weight is 230 g/mol. The minimum Gasteiger partial charge on any atom is -0.321 e. The van der Waals surface area contributed by atoms with Crippen molar-refractivity contribution in [2.45, 2.75) is 17.9 Å². The molecule has 0 saturated carbocycles. The molecule has 0 aliphatic heterocycles. The molecule has 0 aromatic heterocycles. The standard InChI is InChI=1S/C10H12ClNOS/c1-6(12)10(13)9-7(11)4-3-5-8(9)14-2/h3-6H,12H2,1-2H3. The van der Waals surface area contributed by atoms with Gasteiger partial charge >= 0.3 is 0 Å². The quantitative estimate of drug-likeness (QED) is 0.640. The van der Waals surface area contributed by atoms with Crippen molar-refractivity contribution in [2.24, 2.45) is 5.73 Å². The summed E-state index contributed by atoms with van der Waals surface area (Å²) in [6.45, 7) is 1.66. The van der Waals surface area contributed by atoms with E-state index >= 15 is 0 Å². The Morgan fingerprint density at radius 3 is 2.71 bits per heavy atom. The van der Waals surface area contributed by atoms with Crippen molar-refractivity contribution in [3.63, 3.8) is 0 Å². The number of Topliss-reactive ketones (excluding diaryl/α,β-unsaturated/α-hetero) is 1. The van der Waals surface area contributed by atoms with Gasteiger partial charge in [-0.05, 0) is 25.3 Å². The Morgan fingerprint density at radius 1 is 1.57 bits per heavy atom. The molecular formula is C10H12ClNOS. The molecule has 1 atom stereocenters. The van der Waals surface area contributed by atoms with E-state index in [9.17, 15) is 4.79 Å². The van der Waals surface area contributed by atoms with E-state index in [-0.39, 0.29) is 5.78 Å². The highest BCUT2D eigenvalue weighted by Crippen LogP contribution is 2.27. The molecule has 1 unspecified atom stereocenters. The molecule has 0 aliphatic rings. The van der Waals surface area contributed by atoms with E-state index < -0.39 is 6.04 Å². The Labute approximate surface area is 92.8 Å². The van der Waals surface area contributed by atoms with Crippen molar-refractivity contribution in [1.82, 2.24) is 0 Å². The van der Waals surface area contributed by atoms with Crippen LogP contribution in [0, 0.1) is 0 Å². The number of carbonyl (C=O) groups excluding carboxylic acids is 1. The number of nitrogens with two attached hydrogens (primary N) is 1. The Kier molecular flexibility index (Phi) is 3.98. The first kappa shape index (κ1) is 11.6. The van der Waals surface area contributed by atoms with Gasteiger partial charge in [0.15, 0.2) is 5.78 Å². The fourth-order valence-electron chi connectivity index (χ4n) is 1.14. The van der Waals surface area contributed by atoms with Crippen LogP contribution in [-0.2, 0) is 0 Å². The molecule has 1 rings (SSSR count). The number of carbonyl (C=O) groups is 1. The number of halogens is 1. The fraction of sp³-hybridized carbons (Fsp3) is 0.300. The average Bonchev–Trinajstić information content (AvgIpc) is 2.16. The molecule has 0 fully saturated rings. The van der Waals surface area contributed by atoms with Crippen LogP contribution in [0.3, 0.4) is 0 Å². The van der Waals surface area contributed by atoms with Crippen LogP contribution in [-0.4, -0.2) is 18.1 Å². The molecule has 0 spiro atoms. The highest BCUT2D eigenvalue weighted by molar-refractivity contribution is 7.98. The smallest absolute Gasteiger partial charge is 0.181 e. The number of thioether (sulfide) groups is 1. The van der Waals surface area contributed by atoms with Gasteiger partial charge < -0.3 is 5.73 Å². The monoisotopic (exact) mass is 229 g/mol. The molecule has 1 aromatic carbocycles. The first-order valence-electron chi connectivity index (χ1n) is 4.20. The summed E-state index contributed by atoms with van der Waals surface area (Å²) in [5.41, 5.74) is 6.08. The summed E-state index contributed by atoms with van der Waals surface area (Å²) in [7, 11) is 0. The van der Waals surface area contributed by atoms with E-state index in [2.05, 4.69) is 0 Å². The minimum absolute atomic E-state index is 0.111. The molecule has 1 aromatic rings. The molecule has 0 heterocycles. The summed E-state index contributed by atoms with van der Waals surface area (Å²) < 4.78 is 0. The summed E-state index contributed by atoms with van der Waals surface area (Å²) in [5.74, 6) is -0.111. The van der Waals surface area contributed by atoms with Gasteiger partial charge in [-0.3, -0.25) is 4.79 Å². The molecule has 0 amide bonds. The van der Waals surface area contributed by atoms with E-state index in [1.165, 1.54) is 11.8 Å². The van der Waals surface area contributed by atoms with Gasteiger partial charge in [0.1, 0.15) is 0 Å². The maximum Gasteiger partial charge on any atom is 0.181 e. The zero-order valence-electron chi connectivity index (χ0n) is 8.08. The SMILES string of the molecule is CSc1cccc(Cl)c1C(=O)C(C)N. The Hall–Kier alpha value is -0.510. The fourth-order valence-corrected chi connectivity index (χ4v) is 2.09. The number of benzene rings is 1. The summed E-state index contributed by atoms with van der Waals surface area (Å²) in [6.07, 6.45) is 1.91. The van der Waals surface area contributed by atoms with Crippen LogP contribution in [0.2, 0.25) is 5.02 Å². The zero-order chi connectivity index (χ0) is 10.7. The van der Waals surface area contributed by atoms with Crippen molar-refractivity contribution in [3.8, 4) is 0 Å². The number of ketones is 1. The van der Waals surface area contributed by atoms with Gasteiger partial charge in [-0.1, -0.05) is 17.7 Å². The largest absolute Gasteiger partial charge is 0.321 e. The van der Waals surface area contributed by atoms with Crippen molar-refractivity contribution in [3.05, 3.63) is 28.8 Å². The molecule has 0 bridgehead atoms. The highest BCUT2D eigenvalue weighted by atomic mass is 35.5. The van der Waals surface area contributed by atoms with Crippen LogP contribution in [0.1, 0.15) is 17.3 Å². The molecule has 0 saturated heterocycles. The first-order valence-corrected chi connectivity index (χ1v) is 5.80.